The van der Waals surface area contributed by atoms with E-state index in [1.165, 1.54) is 6.07 Å². The highest BCUT2D eigenvalue weighted by atomic mass is 16.5. The Morgan fingerprint density at radius 3 is 2.86 bits per heavy atom. The Labute approximate surface area is 129 Å². The molecular weight excluding hydrogens is 278 g/mol. The second-order valence-corrected chi connectivity index (χ2v) is 5.22. The van der Waals surface area contributed by atoms with Crippen molar-refractivity contribution in [3.05, 3.63) is 76.7 Å². The fourth-order valence-electron chi connectivity index (χ4n) is 2.50. The third kappa shape index (κ3) is 3.04. The Hall–Kier alpha value is -2.53. The minimum atomic E-state index is -0.0931. The first kappa shape index (κ1) is 14.4. The van der Waals surface area contributed by atoms with Crippen molar-refractivity contribution < 1.29 is 4.74 Å². The van der Waals surface area contributed by atoms with Gasteiger partial charge < -0.3 is 10.2 Å². The summed E-state index contributed by atoms with van der Waals surface area (Å²) in [6.07, 6.45) is 3.60. The van der Waals surface area contributed by atoms with E-state index in [4.69, 9.17) is 4.74 Å². The Balaban J connectivity index is 1.84. The SMILES string of the molecule is C=CCN1CNn2ccc(=O)c(OCc3ccccc3)c2C1. The van der Waals surface area contributed by atoms with Crippen molar-refractivity contribution in [1.82, 2.24) is 9.58 Å². The summed E-state index contributed by atoms with van der Waals surface area (Å²) in [4.78, 5) is 14.3. The molecule has 5 heteroatoms. The van der Waals surface area contributed by atoms with E-state index in [9.17, 15) is 4.79 Å². The first-order chi connectivity index (χ1) is 10.8. The monoisotopic (exact) mass is 297 g/mol. The highest BCUT2D eigenvalue weighted by Crippen LogP contribution is 2.19. The van der Waals surface area contributed by atoms with E-state index in [0.717, 1.165) is 17.8 Å². The van der Waals surface area contributed by atoms with Crippen LogP contribution in [0.1, 0.15) is 11.3 Å². The lowest BCUT2D eigenvalue weighted by Gasteiger charge is -2.31. The van der Waals surface area contributed by atoms with E-state index in [1.54, 1.807) is 6.20 Å². The molecule has 0 radical (unpaired) electrons. The van der Waals surface area contributed by atoms with Crippen LogP contribution in [-0.4, -0.2) is 22.8 Å². The molecule has 2 heterocycles. The maximum absolute atomic E-state index is 12.2. The van der Waals surface area contributed by atoms with E-state index in [2.05, 4.69) is 16.9 Å². The largest absolute Gasteiger partial charge is 0.483 e. The summed E-state index contributed by atoms with van der Waals surface area (Å²) in [5.74, 6) is 0.410. The van der Waals surface area contributed by atoms with Gasteiger partial charge in [-0.2, -0.15) is 0 Å². The standard InChI is InChI=1S/C17H19N3O2/c1-2-9-19-11-15-17(16(21)8-10-20(15)18-13-19)22-12-14-6-4-3-5-7-14/h2-8,10,18H,1,9,11-13H2. The zero-order valence-corrected chi connectivity index (χ0v) is 12.4. The van der Waals surface area contributed by atoms with Crippen molar-refractivity contribution >= 4 is 0 Å². The number of fused-ring (bicyclic) bond motifs is 1. The fraction of sp³-hybridized carbons (Fsp3) is 0.235. The van der Waals surface area contributed by atoms with Gasteiger partial charge in [-0.15, -0.1) is 6.58 Å². The molecule has 0 bridgehead atoms. The molecule has 0 saturated heterocycles. The predicted octanol–water partition coefficient (Wildman–Crippen LogP) is 1.93. The normalized spacial score (nSPS) is 14.0. The van der Waals surface area contributed by atoms with Crippen LogP contribution in [0.5, 0.6) is 5.75 Å². The molecule has 0 unspecified atom stereocenters. The van der Waals surface area contributed by atoms with Gasteiger partial charge in [0.2, 0.25) is 5.43 Å². The number of hydrogen-bond acceptors (Lipinski definition) is 4. The van der Waals surface area contributed by atoms with Gasteiger partial charge in [-0.3, -0.25) is 14.4 Å². The molecule has 2 aromatic rings. The molecule has 1 aromatic heterocycles. The predicted molar refractivity (Wildman–Crippen MR) is 86.3 cm³/mol. The topological polar surface area (TPSA) is 46.5 Å². The number of pyridine rings is 1. The second-order valence-electron chi connectivity index (χ2n) is 5.22. The van der Waals surface area contributed by atoms with Crippen LogP contribution in [0.15, 0.2) is 60.0 Å². The van der Waals surface area contributed by atoms with Gasteiger partial charge in [-0.1, -0.05) is 36.4 Å². The third-order valence-corrected chi connectivity index (χ3v) is 3.60. The number of rotatable bonds is 5. The van der Waals surface area contributed by atoms with Gasteiger partial charge in [0.15, 0.2) is 5.75 Å². The van der Waals surface area contributed by atoms with Crippen molar-refractivity contribution in [3.63, 3.8) is 0 Å². The number of hydrogen-bond donors (Lipinski definition) is 1. The molecule has 0 aliphatic carbocycles. The molecule has 114 valence electrons. The van der Waals surface area contributed by atoms with Crippen molar-refractivity contribution in [3.8, 4) is 5.75 Å². The van der Waals surface area contributed by atoms with E-state index < -0.39 is 0 Å². The van der Waals surface area contributed by atoms with Gasteiger partial charge in [0.1, 0.15) is 6.61 Å². The van der Waals surface area contributed by atoms with Gasteiger partial charge in [-0.05, 0) is 5.56 Å². The molecule has 1 aliphatic rings. The Bertz CT molecular complexity index is 710. The molecule has 1 aliphatic heterocycles. The van der Waals surface area contributed by atoms with Crippen molar-refractivity contribution in [2.75, 3.05) is 18.6 Å². The molecule has 0 amide bonds. The van der Waals surface area contributed by atoms with Gasteiger partial charge in [0.05, 0.1) is 12.4 Å². The number of aromatic nitrogens is 1. The average molecular weight is 297 g/mol. The molecule has 0 fully saturated rings. The average Bonchev–Trinajstić information content (AvgIpc) is 2.55. The quantitative estimate of drug-likeness (QED) is 0.857. The van der Waals surface area contributed by atoms with Crippen LogP contribution < -0.4 is 15.6 Å². The maximum atomic E-state index is 12.2. The summed E-state index contributed by atoms with van der Waals surface area (Å²) >= 11 is 0. The molecule has 3 rings (SSSR count). The summed E-state index contributed by atoms with van der Waals surface area (Å²) in [6, 6.07) is 11.4. The lowest BCUT2D eigenvalue weighted by atomic mass is 10.2. The first-order valence-electron chi connectivity index (χ1n) is 7.26. The second kappa shape index (κ2) is 6.49. The molecule has 0 spiro atoms. The summed E-state index contributed by atoms with van der Waals surface area (Å²) < 4.78 is 7.68. The van der Waals surface area contributed by atoms with Crippen LogP contribution in [0.25, 0.3) is 0 Å². The Morgan fingerprint density at radius 2 is 2.09 bits per heavy atom. The van der Waals surface area contributed by atoms with Crippen molar-refractivity contribution in [2.45, 2.75) is 13.2 Å². The van der Waals surface area contributed by atoms with Gasteiger partial charge in [0, 0.05) is 25.4 Å². The summed E-state index contributed by atoms with van der Waals surface area (Å²) in [5, 5.41) is 0. The van der Waals surface area contributed by atoms with Crippen LogP contribution >= 0.6 is 0 Å². The maximum Gasteiger partial charge on any atom is 0.223 e. The number of nitrogens with one attached hydrogen (secondary N) is 1. The highest BCUT2D eigenvalue weighted by molar-refractivity contribution is 5.30. The Morgan fingerprint density at radius 1 is 1.27 bits per heavy atom. The Kier molecular flexibility index (Phi) is 4.25. The zero-order chi connectivity index (χ0) is 15.4. The summed E-state index contributed by atoms with van der Waals surface area (Å²) in [7, 11) is 0. The summed E-state index contributed by atoms with van der Waals surface area (Å²) in [5.41, 5.74) is 5.03. The molecular formula is C17H19N3O2. The lowest BCUT2D eigenvalue weighted by Crippen LogP contribution is -2.41. The zero-order valence-electron chi connectivity index (χ0n) is 12.4. The number of nitrogens with zero attached hydrogens (tertiary/aromatic N) is 2. The van der Waals surface area contributed by atoms with Crippen LogP contribution in [0.2, 0.25) is 0 Å². The van der Waals surface area contributed by atoms with Crippen LogP contribution in [0, 0.1) is 0 Å². The van der Waals surface area contributed by atoms with E-state index in [1.807, 2.05) is 41.1 Å². The smallest absolute Gasteiger partial charge is 0.223 e. The van der Waals surface area contributed by atoms with Crippen molar-refractivity contribution in [2.24, 2.45) is 0 Å². The van der Waals surface area contributed by atoms with Gasteiger partial charge >= 0.3 is 0 Å². The highest BCUT2D eigenvalue weighted by Gasteiger charge is 2.20. The van der Waals surface area contributed by atoms with E-state index in [-0.39, 0.29) is 5.43 Å². The number of benzene rings is 1. The van der Waals surface area contributed by atoms with E-state index >= 15 is 0 Å². The van der Waals surface area contributed by atoms with Crippen LogP contribution in [0.3, 0.4) is 0 Å². The van der Waals surface area contributed by atoms with Crippen molar-refractivity contribution in [1.29, 1.82) is 0 Å². The lowest BCUT2D eigenvalue weighted by molar-refractivity contribution is 0.246. The van der Waals surface area contributed by atoms with E-state index in [0.29, 0.717) is 25.6 Å². The number of ether oxygens (including phenoxy) is 1. The van der Waals surface area contributed by atoms with Gasteiger partial charge in [-0.25, -0.2) is 0 Å². The minimum absolute atomic E-state index is 0.0931. The minimum Gasteiger partial charge on any atom is -0.483 e. The molecule has 0 saturated carbocycles. The molecule has 1 aromatic carbocycles. The van der Waals surface area contributed by atoms with Gasteiger partial charge in [0.25, 0.3) is 0 Å². The fourth-order valence-corrected chi connectivity index (χ4v) is 2.50. The molecule has 22 heavy (non-hydrogen) atoms. The first-order valence-corrected chi connectivity index (χ1v) is 7.26. The molecule has 0 atom stereocenters. The van der Waals surface area contributed by atoms with Crippen LogP contribution in [-0.2, 0) is 13.2 Å². The molecule has 1 N–H and O–H groups in total. The molecule has 5 nitrogen and oxygen atoms in total. The third-order valence-electron chi connectivity index (χ3n) is 3.60. The van der Waals surface area contributed by atoms with Crippen LogP contribution in [0.4, 0.5) is 0 Å². The summed E-state index contributed by atoms with van der Waals surface area (Å²) in [6.45, 7) is 6.26.